The van der Waals surface area contributed by atoms with Gasteiger partial charge in [0.05, 0.1) is 16.9 Å². The maximum Gasteiger partial charge on any atom is 0.494 e. The third-order valence-electron chi connectivity index (χ3n) is 5.54. The molecule has 0 amide bonds. The Bertz CT molecular complexity index is 878. The zero-order valence-electron chi connectivity index (χ0n) is 17.6. The van der Waals surface area contributed by atoms with Gasteiger partial charge in [0.1, 0.15) is 5.82 Å². The van der Waals surface area contributed by atoms with Crippen LogP contribution >= 0.6 is 11.8 Å². The van der Waals surface area contributed by atoms with Gasteiger partial charge in [-0.05, 0) is 45.3 Å². The predicted molar refractivity (Wildman–Crippen MR) is 117 cm³/mol. The number of thioether (sulfide) groups is 1. The van der Waals surface area contributed by atoms with Crippen molar-refractivity contribution in [2.75, 3.05) is 5.75 Å². The van der Waals surface area contributed by atoms with E-state index in [2.05, 4.69) is 9.97 Å². The second-order valence-corrected chi connectivity index (χ2v) is 8.96. The van der Waals surface area contributed by atoms with Crippen LogP contribution in [-0.2, 0) is 21.5 Å². The summed E-state index contributed by atoms with van der Waals surface area (Å²) in [6.07, 6.45) is 0.850. The summed E-state index contributed by atoms with van der Waals surface area (Å²) in [4.78, 5) is 19.9. The van der Waals surface area contributed by atoms with Crippen molar-refractivity contribution < 1.29 is 9.31 Å². The molecule has 28 heavy (non-hydrogen) atoms. The molecule has 2 aromatic rings. The minimum Gasteiger partial charge on any atom is -0.399 e. The maximum absolute atomic E-state index is 12.3. The van der Waals surface area contributed by atoms with Crippen LogP contribution in [0.1, 0.15) is 52.8 Å². The maximum atomic E-state index is 12.3. The van der Waals surface area contributed by atoms with Crippen molar-refractivity contribution >= 4 is 24.3 Å². The molecule has 7 heteroatoms. The SMILES string of the molecule is CC.CC1(C)OB(c2ccc(-c3nc4c(c(=O)[nH]3)CSCC4)cc2)OC1(C)C. The van der Waals surface area contributed by atoms with E-state index in [4.69, 9.17) is 9.31 Å². The van der Waals surface area contributed by atoms with Crippen molar-refractivity contribution in [2.24, 2.45) is 0 Å². The Morgan fingerprint density at radius 1 is 1.07 bits per heavy atom. The van der Waals surface area contributed by atoms with Gasteiger partial charge in [-0.15, -0.1) is 0 Å². The molecule has 1 N–H and O–H groups in total. The van der Waals surface area contributed by atoms with Crippen LogP contribution in [0.5, 0.6) is 0 Å². The van der Waals surface area contributed by atoms with Gasteiger partial charge in [-0.25, -0.2) is 4.98 Å². The molecule has 150 valence electrons. The molecule has 1 saturated heterocycles. The molecule has 2 aliphatic rings. The van der Waals surface area contributed by atoms with Gasteiger partial charge in [0.25, 0.3) is 5.56 Å². The number of hydrogen-bond donors (Lipinski definition) is 1. The first-order valence-electron chi connectivity index (χ1n) is 9.93. The molecule has 0 aliphatic carbocycles. The Kier molecular flexibility index (Phi) is 6.08. The second-order valence-electron chi connectivity index (χ2n) is 7.85. The highest BCUT2D eigenvalue weighted by Crippen LogP contribution is 2.36. The van der Waals surface area contributed by atoms with Crippen LogP contribution in [0.3, 0.4) is 0 Å². The van der Waals surface area contributed by atoms with Crippen molar-refractivity contribution in [1.29, 1.82) is 0 Å². The van der Waals surface area contributed by atoms with E-state index in [9.17, 15) is 4.79 Å². The number of benzene rings is 1. The molecule has 1 aromatic heterocycles. The Morgan fingerprint density at radius 2 is 1.68 bits per heavy atom. The molecule has 2 aliphatic heterocycles. The van der Waals surface area contributed by atoms with E-state index in [1.807, 2.05) is 65.8 Å². The molecule has 5 nitrogen and oxygen atoms in total. The minimum absolute atomic E-state index is 0.0211. The molecule has 0 saturated carbocycles. The summed E-state index contributed by atoms with van der Waals surface area (Å²) in [5, 5.41) is 0. The van der Waals surface area contributed by atoms with Crippen molar-refractivity contribution in [1.82, 2.24) is 9.97 Å². The van der Waals surface area contributed by atoms with Gasteiger partial charge in [-0.2, -0.15) is 11.8 Å². The Hall–Kier alpha value is -1.57. The Balaban J connectivity index is 0.00000109. The summed E-state index contributed by atoms with van der Waals surface area (Å²) >= 11 is 1.78. The number of nitrogens with one attached hydrogen (secondary N) is 1. The monoisotopic (exact) mass is 400 g/mol. The van der Waals surface area contributed by atoms with Crippen molar-refractivity contribution in [3.63, 3.8) is 0 Å². The van der Waals surface area contributed by atoms with Gasteiger partial charge in [0.15, 0.2) is 0 Å². The highest BCUT2D eigenvalue weighted by Gasteiger charge is 2.51. The fourth-order valence-electron chi connectivity index (χ4n) is 3.16. The van der Waals surface area contributed by atoms with Crippen LogP contribution in [0.15, 0.2) is 29.1 Å². The lowest BCUT2D eigenvalue weighted by atomic mass is 9.79. The molecule has 4 rings (SSSR count). The lowest BCUT2D eigenvalue weighted by Gasteiger charge is -2.32. The number of fused-ring (bicyclic) bond motifs is 1. The van der Waals surface area contributed by atoms with Gasteiger partial charge in [-0.3, -0.25) is 4.79 Å². The Labute approximate surface area is 171 Å². The van der Waals surface area contributed by atoms with Crippen LogP contribution in [0.25, 0.3) is 11.4 Å². The van der Waals surface area contributed by atoms with E-state index >= 15 is 0 Å². The molecular formula is C21H29BN2O3S. The lowest BCUT2D eigenvalue weighted by Crippen LogP contribution is -2.41. The van der Waals surface area contributed by atoms with Crippen LogP contribution < -0.4 is 11.0 Å². The molecule has 0 atom stereocenters. The van der Waals surface area contributed by atoms with Crippen molar-refractivity contribution in [2.45, 2.75) is 64.9 Å². The third kappa shape index (κ3) is 3.93. The smallest absolute Gasteiger partial charge is 0.399 e. The first kappa shape index (κ1) is 21.2. The average Bonchev–Trinajstić information content (AvgIpc) is 2.91. The minimum atomic E-state index is -0.387. The summed E-state index contributed by atoms with van der Waals surface area (Å²) in [5.41, 5.74) is 2.86. The molecular weight excluding hydrogens is 371 g/mol. The van der Waals surface area contributed by atoms with Crippen LogP contribution in [0, 0.1) is 0 Å². The van der Waals surface area contributed by atoms with Gasteiger partial charge in [0.2, 0.25) is 0 Å². The van der Waals surface area contributed by atoms with E-state index in [1.54, 1.807) is 11.8 Å². The van der Waals surface area contributed by atoms with Crippen LogP contribution in [-0.4, -0.2) is 34.0 Å². The zero-order chi connectivity index (χ0) is 20.5. The highest BCUT2D eigenvalue weighted by molar-refractivity contribution is 7.98. The van der Waals surface area contributed by atoms with Crippen molar-refractivity contribution in [3.05, 3.63) is 45.9 Å². The number of hydrogen-bond acceptors (Lipinski definition) is 5. The zero-order valence-corrected chi connectivity index (χ0v) is 18.4. The molecule has 0 bridgehead atoms. The standard InChI is InChI=1S/C19H23BN2O3S.C2H6/c1-18(2)19(3,4)25-20(24-18)13-7-5-12(6-8-13)16-21-15-9-10-26-11-14(15)17(23)22-16;1-2/h5-8H,9-11H2,1-4H3,(H,21,22,23);1-2H3. The molecule has 3 heterocycles. The fraction of sp³-hybridized carbons (Fsp3) is 0.524. The average molecular weight is 400 g/mol. The fourth-order valence-corrected chi connectivity index (χ4v) is 4.14. The Morgan fingerprint density at radius 3 is 2.29 bits per heavy atom. The highest BCUT2D eigenvalue weighted by atomic mass is 32.2. The summed E-state index contributed by atoms with van der Waals surface area (Å²) in [6, 6.07) is 7.88. The van der Waals surface area contributed by atoms with Crippen molar-refractivity contribution in [3.8, 4) is 11.4 Å². The molecule has 1 fully saturated rings. The van der Waals surface area contributed by atoms with E-state index in [-0.39, 0.29) is 23.9 Å². The van der Waals surface area contributed by atoms with E-state index in [0.717, 1.165) is 40.2 Å². The van der Waals surface area contributed by atoms with E-state index in [0.29, 0.717) is 5.82 Å². The molecule has 0 unspecified atom stereocenters. The molecule has 0 spiro atoms. The largest absolute Gasteiger partial charge is 0.494 e. The lowest BCUT2D eigenvalue weighted by molar-refractivity contribution is 0.00578. The number of nitrogens with zero attached hydrogens (tertiary/aromatic N) is 1. The van der Waals surface area contributed by atoms with Crippen LogP contribution in [0.4, 0.5) is 0 Å². The number of aromatic amines is 1. The van der Waals surface area contributed by atoms with E-state index < -0.39 is 0 Å². The molecule has 1 aromatic carbocycles. The summed E-state index contributed by atoms with van der Waals surface area (Å²) in [5.74, 6) is 2.39. The number of rotatable bonds is 2. The topological polar surface area (TPSA) is 64.2 Å². The first-order chi connectivity index (χ1) is 13.3. The van der Waals surface area contributed by atoms with Gasteiger partial charge in [-0.1, -0.05) is 38.1 Å². The van der Waals surface area contributed by atoms with Gasteiger partial charge < -0.3 is 14.3 Å². The number of aromatic nitrogens is 2. The van der Waals surface area contributed by atoms with Gasteiger partial charge >= 0.3 is 7.12 Å². The second kappa shape index (κ2) is 8.05. The number of H-pyrrole nitrogens is 1. The van der Waals surface area contributed by atoms with Gasteiger partial charge in [0, 0.05) is 16.9 Å². The normalized spacial score (nSPS) is 19.6. The van der Waals surface area contributed by atoms with Crippen LogP contribution in [0.2, 0.25) is 0 Å². The quantitative estimate of drug-likeness (QED) is 0.782. The number of aryl methyl sites for hydroxylation is 1. The molecule has 0 radical (unpaired) electrons. The predicted octanol–water partition coefficient (Wildman–Crippen LogP) is 3.55. The van der Waals surface area contributed by atoms with E-state index in [1.165, 1.54) is 0 Å². The summed E-state index contributed by atoms with van der Waals surface area (Å²) < 4.78 is 12.2. The summed E-state index contributed by atoms with van der Waals surface area (Å²) in [7, 11) is -0.387. The first-order valence-corrected chi connectivity index (χ1v) is 11.1. The summed E-state index contributed by atoms with van der Waals surface area (Å²) in [6.45, 7) is 12.2. The third-order valence-corrected chi connectivity index (χ3v) is 6.53.